The van der Waals surface area contributed by atoms with Crippen molar-refractivity contribution in [2.24, 2.45) is 7.05 Å². The van der Waals surface area contributed by atoms with Gasteiger partial charge in [-0.15, -0.1) is 0 Å². The van der Waals surface area contributed by atoms with Crippen LogP contribution in [0.3, 0.4) is 0 Å². The second-order valence-electron chi connectivity index (χ2n) is 3.54. The first kappa shape index (κ1) is 12.2. The van der Waals surface area contributed by atoms with E-state index in [-0.39, 0.29) is 0 Å². The largest absolute Gasteiger partial charge is 0.416 e. The number of alkyl halides is 3. The molecule has 0 saturated carbocycles. The molecule has 0 saturated heterocycles. The van der Waals surface area contributed by atoms with E-state index in [2.05, 4.69) is 21.0 Å². The molecule has 1 aromatic heterocycles. The normalized spacial score (nSPS) is 11.8. The van der Waals surface area contributed by atoms with E-state index < -0.39 is 11.7 Å². The summed E-state index contributed by atoms with van der Waals surface area (Å²) in [6.07, 6.45) is -2.78. The maximum Gasteiger partial charge on any atom is 0.416 e. The molecule has 0 N–H and O–H groups in total. The van der Waals surface area contributed by atoms with Gasteiger partial charge in [0.1, 0.15) is 0 Å². The molecule has 0 aliphatic heterocycles. The lowest BCUT2D eigenvalue weighted by atomic mass is 10.1. The standard InChI is InChI=1S/C11H8BrF3N2/c1-17-10(9(12)6-16-17)7-3-2-4-8(5-7)11(13,14)15/h2-6H,1H3. The number of hydrogen-bond donors (Lipinski definition) is 0. The molecule has 0 bridgehead atoms. The predicted octanol–water partition coefficient (Wildman–Crippen LogP) is 3.87. The number of benzene rings is 1. The third-order valence-electron chi connectivity index (χ3n) is 2.36. The van der Waals surface area contributed by atoms with Crippen molar-refractivity contribution in [2.75, 3.05) is 0 Å². The lowest BCUT2D eigenvalue weighted by Gasteiger charge is -2.09. The van der Waals surface area contributed by atoms with E-state index in [9.17, 15) is 13.2 Å². The summed E-state index contributed by atoms with van der Waals surface area (Å²) in [5.74, 6) is 0. The Bertz CT molecular complexity index is 526. The van der Waals surface area contributed by atoms with E-state index in [1.807, 2.05) is 0 Å². The highest BCUT2D eigenvalue weighted by Crippen LogP contribution is 2.34. The first-order valence-electron chi connectivity index (χ1n) is 4.74. The first-order chi connectivity index (χ1) is 7.89. The van der Waals surface area contributed by atoms with Crippen LogP contribution in [0.2, 0.25) is 0 Å². The molecule has 0 radical (unpaired) electrons. The molecule has 0 aliphatic carbocycles. The van der Waals surface area contributed by atoms with Crippen LogP contribution in [0.4, 0.5) is 13.2 Å². The number of halogens is 4. The quantitative estimate of drug-likeness (QED) is 0.782. The van der Waals surface area contributed by atoms with Crippen LogP contribution in [-0.2, 0) is 13.2 Å². The highest BCUT2D eigenvalue weighted by Gasteiger charge is 2.30. The van der Waals surface area contributed by atoms with Crippen molar-refractivity contribution < 1.29 is 13.2 Å². The monoisotopic (exact) mass is 304 g/mol. The molecule has 90 valence electrons. The lowest BCUT2D eigenvalue weighted by Crippen LogP contribution is -2.05. The van der Waals surface area contributed by atoms with Crippen LogP contribution in [-0.4, -0.2) is 9.78 Å². The van der Waals surface area contributed by atoms with Gasteiger partial charge in [-0.25, -0.2) is 0 Å². The van der Waals surface area contributed by atoms with Gasteiger partial charge in [0, 0.05) is 12.6 Å². The Hall–Kier alpha value is -1.30. The number of aryl methyl sites for hydroxylation is 1. The van der Waals surface area contributed by atoms with E-state index in [0.29, 0.717) is 15.7 Å². The molecule has 0 unspecified atom stereocenters. The fraction of sp³-hybridized carbons (Fsp3) is 0.182. The third kappa shape index (κ3) is 2.36. The SMILES string of the molecule is Cn1ncc(Br)c1-c1cccc(C(F)(F)F)c1. The van der Waals surface area contributed by atoms with Crippen LogP contribution in [0, 0.1) is 0 Å². The summed E-state index contributed by atoms with van der Waals surface area (Å²) in [5.41, 5.74) is 0.436. The highest BCUT2D eigenvalue weighted by molar-refractivity contribution is 9.10. The predicted molar refractivity (Wildman–Crippen MR) is 61.3 cm³/mol. The minimum Gasteiger partial charge on any atom is -0.267 e. The van der Waals surface area contributed by atoms with Gasteiger partial charge in [0.25, 0.3) is 0 Å². The summed E-state index contributed by atoms with van der Waals surface area (Å²) in [5, 5.41) is 3.97. The van der Waals surface area contributed by atoms with Gasteiger partial charge in [0.05, 0.1) is 21.9 Å². The Labute approximate surface area is 104 Å². The van der Waals surface area contributed by atoms with Crippen LogP contribution in [0.25, 0.3) is 11.3 Å². The van der Waals surface area contributed by atoms with Gasteiger partial charge >= 0.3 is 6.18 Å². The second-order valence-corrected chi connectivity index (χ2v) is 4.40. The minimum absolute atomic E-state index is 0.478. The van der Waals surface area contributed by atoms with Gasteiger partial charge in [-0.05, 0) is 28.1 Å². The molecule has 6 heteroatoms. The molecule has 2 aromatic rings. The number of nitrogens with zero attached hydrogens (tertiary/aromatic N) is 2. The summed E-state index contributed by atoms with van der Waals surface area (Å²) in [6, 6.07) is 5.17. The van der Waals surface area contributed by atoms with Gasteiger partial charge in [-0.3, -0.25) is 4.68 Å². The number of hydrogen-bond acceptors (Lipinski definition) is 1. The molecule has 1 heterocycles. The van der Waals surface area contributed by atoms with Gasteiger partial charge in [-0.1, -0.05) is 12.1 Å². The number of aromatic nitrogens is 2. The molecular weight excluding hydrogens is 297 g/mol. The third-order valence-corrected chi connectivity index (χ3v) is 2.94. The van der Waals surface area contributed by atoms with Gasteiger partial charge < -0.3 is 0 Å². The lowest BCUT2D eigenvalue weighted by molar-refractivity contribution is -0.137. The topological polar surface area (TPSA) is 17.8 Å². The highest BCUT2D eigenvalue weighted by atomic mass is 79.9. The molecule has 0 fully saturated rings. The van der Waals surface area contributed by atoms with Gasteiger partial charge in [0.2, 0.25) is 0 Å². The van der Waals surface area contributed by atoms with Crippen LogP contribution in [0.1, 0.15) is 5.56 Å². The fourth-order valence-electron chi connectivity index (χ4n) is 1.58. The zero-order chi connectivity index (χ0) is 12.6. The van der Waals surface area contributed by atoms with Crippen molar-refractivity contribution in [3.8, 4) is 11.3 Å². The van der Waals surface area contributed by atoms with Crippen LogP contribution >= 0.6 is 15.9 Å². The second kappa shape index (κ2) is 4.18. The average Bonchev–Trinajstić information content (AvgIpc) is 2.57. The summed E-state index contributed by atoms with van der Waals surface area (Å²) >= 11 is 3.26. The summed E-state index contributed by atoms with van der Waals surface area (Å²) < 4.78 is 39.9. The summed E-state index contributed by atoms with van der Waals surface area (Å²) in [6.45, 7) is 0. The van der Waals surface area contributed by atoms with Gasteiger partial charge in [0.15, 0.2) is 0 Å². The molecule has 0 spiro atoms. The molecule has 17 heavy (non-hydrogen) atoms. The minimum atomic E-state index is -4.33. The Morgan fingerprint density at radius 3 is 2.53 bits per heavy atom. The maximum absolute atomic E-state index is 12.6. The van der Waals surface area contributed by atoms with Crippen LogP contribution in [0.5, 0.6) is 0 Å². The van der Waals surface area contributed by atoms with Crippen molar-refractivity contribution >= 4 is 15.9 Å². The molecule has 2 rings (SSSR count). The zero-order valence-electron chi connectivity index (χ0n) is 8.79. The molecular formula is C11H8BrF3N2. The van der Waals surface area contributed by atoms with Crippen molar-refractivity contribution in [1.82, 2.24) is 9.78 Å². The molecule has 0 aliphatic rings. The fourth-order valence-corrected chi connectivity index (χ4v) is 2.16. The van der Waals surface area contributed by atoms with E-state index in [1.165, 1.54) is 10.7 Å². The first-order valence-corrected chi connectivity index (χ1v) is 5.54. The molecule has 0 atom stereocenters. The Morgan fingerprint density at radius 2 is 2.00 bits per heavy atom. The van der Waals surface area contributed by atoms with Crippen molar-refractivity contribution in [2.45, 2.75) is 6.18 Å². The van der Waals surface area contributed by atoms with Crippen molar-refractivity contribution in [3.63, 3.8) is 0 Å². The summed E-state index contributed by atoms with van der Waals surface area (Å²) in [7, 11) is 1.68. The average molecular weight is 305 g/mol. The zero-order valence-corrected chi connectivity index (χ0v) is 10.4. The summed E-state index contributed by atoms with van der Waals surface area (Å²) in [4.78, 5) is 0. The van der Waals surface area contributed by atoms with E-state index in [1.54, 1.807) is 19.3 Å². The number of rotatable bonds is 1. The molecule has 2 nitrogen and oxygen atoms in total. The Kier molecular flexibility index (Phi) is 2.99. The smallest absolute Gasteiger partial charge is 0.267 e. The Morgan fingerprint density at radius 1 is 1.29 bits per heavy atom. The molecule has 1 aromatic carbocycles. The van der Waals surface area contributed by atoms with Crippen LogP contribution in [0.15, 0.2) is 34.9 Å². The van der Waals surface area contributed by atoms with E-state index >= 15 is 0 Å². The van der Waals surface area contributed by atoms with Crippen LogP contribution < -0.4 is 0 Å². The van der Waals surface area contributed by atoms with Crippen molar-refractivity contribution in [1.29, 1.82) is 0 Å². The van der Waals surface area contributed by atoms with E-state index in [0.717, 1.165) is 12.1 Å². The molecule has 0 amide bonds. The maximum atomic E-state index is 12.6. The van der Waals surface area contributed by atoms with Gasteiger partial charge in [-0.2, -0.15) is 18.3 Å². The Balaban J connectivity index is 2.55. The van der Waals surface area contributed by atoms with Crippen molar-refractivity contribution in [3.05, 3.63) is 40.5 Å². The van der Waals surface area contributed by atoms with E-state index in [4.69, 9.17) is 0 Å².